The molecule has 0 amide bonds. The lowest BCUT2D eigenvalue weighted by atomic mass is 10.1. The molecule has 1 aliphatic rings. The average Bonchev–Trinajstić information content (AvgIpc) is 3.15. The van der Waals surface area contributed by atoms with Gasteiger partial charge < -0.3 is 9.26 Å². The van der Waals surface area contributed by atoms with Crippen LogP contribution in [0.2, 0.25) is 0 Å². The number of benzene rings is 1. The third kappa shape index (κ3) is 3.45. The van der Waals surface area contributed by atoms with Crippen molar-refractivity contribution in [1.29, 1.82) is 0 Å². The van der Waals surface area contributed by atoms with Crippen molar-refractivity contribution in [3.63, 3.8) is 0 Å². The summed E-state index contributed by atoms with van der Waals surface area (Å²) in [6, 6.07) is 13.8. The Morgan fingerprint density at radius 3 is 2.88 bits per heavy atom. The third-order valence-corrected chi connectivity index (χ3v) is 4.47. The summed E-state index contributed by atoms with van der Waals surface area (Å²) in [5.41, 5.74) is 3.20. The molecule has 0 saturated carbocycles. The van der Waals surface area contributed by atoms with Crippen molar-refractivity contribution in [2.75, 3.05) is 19.8 Å². The van der Waals surface area contributed by atoms with Crippen molar-refractivity contribution in [2.45, 2.75) is 19.5 Å². The number of rotatable bonds is 4. The SMILES string of the molecule is Cc1cccnc1CN1CCOC[C@H]1c1nc(-c2ccccc2)no1. The van der Waals surface area contributed by atoms with Crippen molar-refractivity contribution in [3.05, 3.63) is 65.8 Å². The largest absolute Gasteiger partial charge is 0.378 e. The highest BCUT2D eigenvalue weighted by Gasteiger charge is 2.30. The van der Waals surface area contributed by atoms with Crippen LogP contribution in [0, 0.1) is 6.92 Å². The van der Waals surface area contributed by atoms with E-state index in [0.29, 0.717) is 24.9 Å². The molecule has 0 unspecified atom stereocenters. The Balaban J connectivity index is 1.57. The number of aryl methyl sites for hydroxylation is 1. The van der Waals surface area contributed by atoms with Crippen LogP contribution < -0.4 is 0 Å². The quantitative estimate of drug-likeness (QED) is 0.730. The van der Waals surface area contributed by atoms with Gasteiger partial charge in [0, 0.05) is 24.8 Å². The summed E-state index contributed by atoms with van der Waals surface area (Å²) >= 11 is 0. The molecule has 6 heteroatoms. The highest BCUT2D eigenvalue weighted by Crippen LogP contribution is 2.27. The summed E-state index contributed by atoms with van der Waals surface area (Å²) < 4.78 is 11.2. The van der Waals surface area contributed by atoms with E-state index in [1.165, 1.54) is 5.56 Å². The summed E-state index contributed by atoms with van der Waals surface area (Å²) in [7, 11) is 0. The molecule has 0 N–H and O–H groups in total. The van der Waals surface area contributed by atoms with Crippen molar-refractivity contribution < 1.29 is 9.26 Å². The maximum Gasteiger partial charge on any atom is 0.246 e. The Hall–Kier alpha value is -2.57. The highest BCUT2D eigenvalue weighted by molar-refractivity contribution is 5.53. The van der Waals surface area contributed by atoms with Crippen molar-refractivity contribution >= 4 is 0 Å². The molecule has 4 rings (SSSR count). The van der Waals surface area contributed by atoms with E-state index in [9.17, 15) is 0 Å². The van der Waals surface area contributed by atoms with Gasteiger partial charge in [0.25, 0.3) is 0 Å². The molecule has 3 heterocycles. The Kier molecular flexibility index (Phi) is 4.54. The van der Waals surface area contributed by atoms with E-state index >= 15 is 0 Å². The smallest absolute Gasteiger partial charge is 0.246 e. The minimum atomic E-state index is -0.0554. The molecular formula is C19H20N4O2. The molecule has 0 aliphatic carbocycles. The Labute approximate surface area is 146 Å². The first kappa shape index (κ1) is 15.9. The fourth-order valence-electron chi connectivity index (χ4n) is 3.01. The first-order valence-corrected chi connectivity index (χ1v) is 8.42. The predicted molar refractivity (Wildman–Crippen MR) is 92.7 cm³/mol. The molecule has 1 fully saturated rings. The molecule has 1 saturated heterocycles. The van der Waals surface area contributed by atoms with E-state index in [-0.39, 0.29) is 6.04 Å². The van der Waals surface area contributed by atoms with E-state index in [1.54, 1.807) is 0 Å². The molecule has 2 aromatic heterocycles. The lowest BCUT2D eigenvalue weighted by Crippen LogP contribution is -2.39. The number of morpholine rings is 1. The zero-order chi connectivity index (χ0) is 17.1. The number of ether oxygens (including phenoxy) is 1. The van der Waals surface area contributed by atoms with Crippen molar-refractivity contribution in [1.82, 2.24) is 20.0 Å². The second kappa shape index (κ2) is 7.13. The highest BCUT2D eigenvalue weighted by atomic mass is 16.5. The van der Waals surface area contributed by atoms with Crippen LogP contribution in [-0.4, -0.2) is 39.8 Å². The number of hydrogen-bond donors (Lipinski definition) is 0. The molecule has 25 heavy (non-hydrogen) atoms. The number of nitrogens with zero attached hydrogens (tertiary/aromatic N) is 4. The summed E-state index contributed by atoms with van der Waals surface area (Å²) in [5, 5.41) is 4.14. The van der Waals surface area contributed by atoms with Gasteiger partial charge in [-0.2, -0.15) is 4.98 Å². The normalized spacial score (nSPS) is 18.4. The fourth-order valence-corrected chi connectivity index (χ4v) is 3.01. The topological polar surface area (TPSA) is 64.3 Å². The van der Waals surface area contributed by atoms with Gasteiger partial charge in [-0.1, -0.05) is 41.6 Å². The fraction of sp³-hybridized carbons (Fsp3) is 0.316. The van der Waals surface area contributed by atoms with Gasteiger partial charge in [0.15, 0.2) is 0 Å². The summed E-state index contributed by atoms with van der Waals surface area (Å²) in [6.07, 6.45) is 1.83. The molecule has 0 bridgehead atoms. The van der Waals surface area contributed by atoms with Crippen molar-refractivity contribution in [3.8, 4) is 11.4 Å². The van der Waals surface area contributed by atoms with Gasteiger partial charge in [0.1, 0.15) is 6.04 Å². The number of aromatic nitrogens is 3. The third-order valence-electron chi connectivity index (χ3n) is 4.47. The minimum absolute atomic E-state index is 0.0554. The monoisotopic (exact) mass is 336 g/mol. The summed E-state index contributed by atoms with van der Waals surface area (Å²) in [5.74, 6) is 1.20. The minimum Gasteiger partial charge on any atom is -0.378 e. The standard InChI is InChI=1S/C19H20N4O2/c1-14-6-5-9-20-16(14)12-23-10-11-24-13-17(23)19-21-18(22-25-19)15-7-3-2-4-8-15/h2-9,17H,10-13H2,1H3/t17-/m0/s1. The first-order chi connectivity index (χ1) is 12.3. The number of pyridine rings is 1. The van der Waals surface area contributed by atoms with E-state index in [0.717, 1.165) is 24.3 Å². The van der Waals surface area contributed by atoms with Crippen LogP contribution in [0.5, 0.6) is 0 Å². The van der Waals surface area contributed by atoms with E-state index < -0.39 is 0 Å². The molecule has 3 aromatic rings. The van der Waals surface area contributed by atoms with E-state index in [4.69, 9.17) is 9.26 Å². The second-order valence-electron chi connectivity index (χ2n) is 6.15. The van der Waals surface area contributed by atoms with Crippen LogP contribution in [0.4, 0.5) is 0 Å². The van der Waals surface area contributed by atoms with Gasteiger partial charge in [-0.25, -0.2) is 0 Å². The van der Waals surface area contributed by atoms with Crippen LogP contribution >= 0.6 is 0 Å². The average molecular weight is 336 g/mol. The number of hydrogen-bond acceptors (Lipinski definition) is 6. The van der Waals surface area contributed by atoms with Crippen LogP contribution in [0.25, 0.3) is 11.4 Å². The van der Waals surface area contributed by atoms with Gasteiger partial charge in [0.05, 0.1) is 18.9 Å². The predicted octanol–water partition coefficient (Wildman–Crippen LogP) is 3.01. The molecule has 6 nitrogen and oxygen atoms in total. The molecule has 0 spiro atoms. The second-order valence-corrected chi connectivity index (χ2v) is 6.15. The van der Waals surface area contributed by atoms with Gasteiger partial charge in [-0.3, -0.25) is 9.88 Å². The van der Waals surface area contributed by atoms with Crippen LogP contribution in [0.1, 0.15) is 23.2 Å². The lowest BCUT2D eigenvalue weighted by Gasteiger charge is -2.33. The van der Waals surface area contributed by atoms with E-state index in [1.807, 2.05) is 42.6 Å². The molecule has 1 aromatic carbocycles. The maximum absolute atomic E-state index is 5.66. The molecule has 1 aliphatic heterocycles. The van der Waals surface area contributed by atoms with Crippen molar-refractivity contribution in [2.24, 2.45) is 0 Å². The molecule has 128 valence electrons. The van der Waals surface area contributed by atoms with Gasteiger partial charge in [0.2, 0.25) is 11.7 Å². The zero-order valence-corrected chi connectivity index (χ0v) is 14.1. The molecule has 0 radical (unpaired) electrons. The Morgan fingerprint density at radius 1 is 1.16 bits per heavy atom. The Bertz CT molecular complexity index is 834. The maximum atomic E-state index is 5.66. The van der Waals surface area contributed by atoms with E-state index in [2.05, 4.69) is 33.0 Å². The van der Waals surface area contributed by atoms with Crippen LogP contribution in [0.3, 0.4) is 0 Å². The van der Waals surface area contributed by atoms with Gasteiger partial charge >= 0.3 is 0 Å². The van der Waals surface area contributed by atoms with Gasteiger partial charge in [-0.15, -0.1) is 0 Å². The first-order valence-electron chi connectivity index (χ1n) is 8.42. The summed E-state index contributed by atoms with van der Waals surface area (Å²) in [4.78, 5) is 11.4. The molecular weight excluding hydrogens is 316 g/mol. The van der Waals surface area contributed by atoms with Crippen LogP contribution in [0.15, 0.2) is 53.2 Å². The lowest BCUT2D eigenvalue weighted by molar-refractivity contribution is -0.0246. The summed E-state index contributed by atoms with van der Waals surface area (Å²) in [6.45, 7) is 4.87. The van der Waals surface area contributed by atoms with Gasteiger partial charge in [-0.05, 0) is 18.6 Å². The van der Waals surface area contributed by atoms with Crippen LogP contribution in [-0.2, 0) is 11.3 Å². The zero-order valence-electron chi connectivity index (χ0n) is 14.1. The molecule has 1 atom stereocenters. The Morgan fingerprint density at radius 2 is 2.04 bits per heavy atom.